The monoisotopic (exact) mass is 337 g/mol. The Morgan fingerprint density at radius 1 is 1.39 bits per heavy atom. The van der Waals surface area contributed by atoms with Crippen LogP contribution in [0.4, 0.5) is 15.7 Å². The first-order valence-corrected chi connectivity index (χ1v) is 8.48. The molecule has 0 spiro atoms. The number of nitrogens with zero attached hydrogens (tertiary/aromatic N) is 4. The maximum atomic E-state index is 12.3. The highest BCUT2D eigenvalue weighted by Gasteiger charge is 2.18. The van der Waals surface area contributed by atoms with Crippen molar-refractivity contribution in [2.75, 3.05) is 11.1 Å². The highest BCUT2D eigenvalue weighted by Crippen LogP contribution is 2.24. The van der Waals surface area contributed by atoms with Crippen molar-refractivity contribution >= 4 is 28.3 Å². The van der Waals surface area contributed by atoms with Gasteiger partial charge in [-0.2, -0.15) is 5.10 Å². The van der Waals surface area contributed by atoms with Gasteiger partial charge in [0.1, 0.15) is 10.8 Å². The molecule has 0 aromatic carbocycles. The number of nitrogens with one attached hydrogen (secondary N) is 2. The highest BCUT2D eigenvalue weighted by molar-refractivity contribution is 7.15. The van der Waals surface area contributed by atoms with Crippen LogP contribution in [0.5, 0.6) is 0 Å². The van der Waals surface area contributed by atoms with Gasteiger partial charge in [0.2, 0.25) is 5.13 Å². The van der Waals surface area contributed by atoms with Crippen LogP contribution in [0.3, 0.4) is 0 Å². The molecule has 0 radical (unpaired) electrons. The molecule has 2 aromatic rings. The van der Waals surface area contributed by atoms with Gasteiger partial charge < -0.3 is 11.1 Å². The van der Waals surface area contributed by atoms with Gasteiger partial charge in [0.15, 0.2) is 0 Å². The quantitative estimate of drug-likeness (QED) is 0.750. The van der Waals surface area contributed by atoms with E-state index in [1.807, 2.05) is 18.5 Å². The molecular formula is C14H23N7OS. The molecule has 2 aromatic heterocycles. The summed E-state index contributed by atoms with van der Waals surface area (Å²) in [6, 6.07) is -0.309. The van der Waals surface area contributed by atoms with E-state index in [2.05, 4.69) is 39.8 Å². The Bertz CT molecular complexity index is 662. The second-order valence-electron chi connectivity index (χ2n) is 5.39. The SMILES string of the molecule is CCC(CC)n1ncc(C)c1NC(=O)N[C@H](C)c1nnc(N)s1. The number of aromatic nitrogens is 4. The number of urea groups is 1. The summed E-state index contributed by atoms with van der Waals surface area (Å²) in [5.41, 5.74) is 6.50. The normalized spacial score (nSPS) is 12.4. The Kier molecular flexibility index (Phi) is 5.54. The second kappa shape index (κ2) is 7.40. The molecule has 0 bridgehead atoms. The minimum absolute atomic E-state index is 0.263. The van der Waals surface area contributed by atoms with Gasteiger partial charge in [-0.15, -0.1) is 10.2 Å². The third-order valence-corrected chi connectivity index (χ3v) is 4.61. The van der Waals surface area contributed by atoms with Crippen molar-refractivity contribution in [3.8, 4) is 0 Å². The molecule has 0 saturated heterocycles. The fourth-order valence-electron chi connectivity index (χ4n) is 2.34. The van der Waals surface area contributed by atoms with Gasteiger partial charge in [-0.3, -0.25) is 5.32 Å². The molecule has 2 amide bonds. The average Bonchev–Trinajstić information content (AvgIpc) is 3.09. The van der Waals surface area contributed by atoms with Crippen LogP contribution < -0.4 is 16.4 Å². The van der Waals surface area contributed by atoms with E-state index in [0.29, 0.717) is 10.1 Å². The van der Waals surface area contributed by atoms with Crippen molar-refractivity contribution < 1.29 is 4.79 Å². The standard InChI is InChI=1S/C14H23N7OS/c1-5-10(6-2)21-11(8(3)7-16-21)18-14(22)17-9(4)12-19-20-13(15)23-12/h7,9-10H,5-6H2,1-4H3,(H2,15,20)(H2,17,18,22)/t9-/m1/s1. The fourth-order valence-corrected chi connectivity index (χ4v) is 2.95. The maximum absolute atomic E-state index is 12.3. The third kappa shape index (κ3) is 3.98. The molecular weight excluding hydrogens is 314 g/mol. The van der Waals surface area contributed by atoms with Crippen LogP contribution in [0.15, 0.2) is 6.20 Å². The van der Waals surface area contributed by atoms with E-state index in [1.54, 1.807) is 6.20 Å². The molecule has 0 aliphatic rings. The molecule has 0 aliphatic heterocycles. The first-order valence-electron chi connectivity index (χ1n) is 7.66. The van der Waals surface area contributed by atoms with E-state index >= 15 is 0 Å². The molecule has 0 saturated carbocycles. The van der Waals surface area contributed by atoms with Crippen LogP contribution >= 0.6 is 11.3 Å². The summed E-state index contributed by atoms with van der Waals surface area (Å²) in [7, 11) is 0. The van der Waals surface area contributed by atoms with Crippen LogP contribution in [0.25, 0.3) is 0 Å². The summed E-state index contributed by atoms with van der Waals surface area (Å²) in [5.74, 6) is 0.722. The Morgan fingerprint density at radius 3 is 2.65 bits per heavy atom. The van der Waals surface area contributed by atoms with Gasteiger partial charge in [-0.25, -0.2) is 9.48 Å². The number of hydrogen-bond acceptors (Lipinski definition) is 6. The van der Waals surface area contributed by atoms with Crippen molar-refractivity contribution in [1.29, 1.82) is 0 Å². The number of nitrogen functional groups attached to an aromatic ring is 1. The van der Waals surface area contributed by atoms with Crippen molar-refractivity contribution in [2.45, 2.75) is 52.6 Å². The first-order chi connectivity index (χ1) is 11.0. The van der Waals surface area contributed by atoms with Gasteiger partial charge in [-0.1, -0.05) is 25.2 Å². The summed E-state index contributed by atoms with van der Waals surface area (Å²) in [5, 5.41) is 18.9. The van der Waals surface area contributed by atoms with Crippen LogP contribution in [0, 0.1) is 6.92 Å². The lowest BCUT2D eigenvalue weighted by Gasteiger charge is -2.18. The molecule has 2 rings (SSSR count). The number of carbonyl (C=O) groups is 1. The Morgan fingerprint density at radius 2 is 2.09 bits per heavy atom. The predicted octanol–water partition coefficient (Wildman–Crippen LogP) is 2.87. The molecule has 2 heterocycles. The molecule has 4 N–H and O–H groups in total. The molecule has 0 aliphatic carbocycles. The van der Waals surface area contributed by atoms with Crippen molar-refractivity contribution in [2.24, 2.45) is 0 Å². The number of carbonyl (C=O) groups excluding carboxylic acids is 1. The van der Waals surface area contributed by atoms with Gasteiger partial charge >= 0.3 is 6.03 Å². The Balaban J connectivity index is 2.07. The lowest BCUT2D eigenvalue weighted by molar-refractivity contribution is 0.249. The zero-order valence-corrected chi connectivity index (χ0v) is 14.6. The smallest absolute Gasteiger partial charge is 0.320 e. The minimum atomic E-state index is -0.304. The summed E-state index contributed by atoms with van der Waals surface area (Å²) >= 11 is 1.26. The average molecular weight is 337 g/mol. The number of rotatable bonds is 6. The second-order valence-corrected chi connectivity index (χ2v) is 6.43. The predicted molar refractivity (Wildman–Crippen MR) is 91.5 cm³/mol. The van der Waals surface area contributed by atoms with Crippen LogP contribution in [-0.2, 0) is 0 Å². The number of nitrogens with two attached hydrogens (primary N) is 1. The summed E-state index contributed by atoms with van der Waals surface area (Å²) < 4.78 is 1.88. The molecule has 0 fully saturated rings. The largest absolute Gasteiger partial charge is 0.374 e. The summed E-state index contributed by atoms with van der Waals surface area (Å²) in [4.78, 5) is 12.3. The van der Waals surface area contributed by atoms with Gasteiger partial charge in [0, 0.05) is 5.56 Å². The van der Waals surface area contributed by atoms with Crippen molar-refractivity contribution in [3.05, 3.63) is 16.8 Å². The zero-order chi connectivity index (χ0) is 17.0. The number of aryl methyl sites for hydroxylation is 1. The third-order valence-electron chi connectivity index (χ3n) is 3.67. The molecule has 0 unspecified atom stereocenters. The van der Waals surface area contributed by atoms with Crippen LogP contribution in [0.2, 0.25) is 0 Å². The summed E-state index contributed by atoms with van der Waals surface area (Å²) in [6.45, 7) is 7.98. The van der Waals surface area contributed by atoms with E-state index in [9.17, 15) is 4.79 Å². The molecule has 23 heavy (non-hydrogen) atoms. The van der Waals surface area contributed by atoms with E-state index in [0.717, 1.165) is 24.2 Å². The van der Waals surface area contributed by atoms with Crippen molar-refractivity contribution in [1.82, 2.24) is 25.3 Å². The Hall–Kier alpha value is -2.16. The van der Waals surface area contributed by atoms with Gasteiger partial charge in [0.05, 0.1) is 18.3 Å². The number of anilines is 2. The fraction of sp³-hybridized carbons (Fsp3) is 0.571. The van der Waals surface area contributed by atoms with Gasteiger partial charge in [0.25, 0.3) is 0 Å². The minimum Gasteiger partial charge on any atom is -0.374 e. The van der Waals surface area contributed by atoms with E-state index < -0.39 is 0 Å². The van der Waals surface area contributed by atoms with Gasteiger partial charge in [-0.05, 0) is 26.7 Å². The lowest BCUT2D eigenvalue weighted by Crippen LogP contribution is -2.32. The van der Waals surface area contributed by atoms with Crippen molar-refractivity contribution in [3.63, 3.8) is 0 Å². The molecule has 126 valence electrons. The zero-order valence-electron chi connectivity index (χ0n) is 13.8. The van der Waals surface area contributed by atoms with Crippen LogP contribution in [0.1, 0.15) is 56.3 Å². The van der Waals surface area contributed by atoms with Crippen LogP contribution in [-0.4, -0.2) is 26.0 Å². The molecule has 8 nitrogen and oxygen atoms in total. The lowest BCUT2D eigenvalue weighted by atomic mass is 10.2. The molecule has 1 atom stereocenters. The van der Waals surface area contributed by atoms with E-state index in [-0.39, 0.29) is 18.1 Å². The molecule has 9 heteroatoms. The topological polar surface area (TPSA) is 111 Å². The Labute approximate surface area is 139 Å². The van der Waals surface area contributed by atoms with E-state index in [1.165, 1.54) is 11.3 Å². The first kappa shape index (κ1) is 17.2. The number of hydrogen-bond donors (Lipinski definition) is 3. The maximum Gasteiger partial charge on any atom is 0.320 e. The summed E-state index contributed by atoms with van der Waals surface area (Å²) in [6.07, 6.45) is 3.67. The number of amides is 2. The highest BCUT2D eigenvalue weighted by atomic mass is 32.1. The van der Waals surface area contributed by atoms with E-state index in [4.69, 9.17) is 5.73 Å².